The maximum absolute atomic E-state index is 7.13. The molecular formula is C50H39N5O. The van der Waals surface area contributed by atoms with Gasteiger partial charge in [-0.3, -0.25) is 4.98 Å². The van der Waals surface area contributed by atoms with Gasteiger partial charge in [0.2, 0.25) is 0 Å². The van der Waals surface area contributed by atoms with E-state index >= 15 is 0 Å². The van der Waals surface area contributed by atoms with Gasteiger partial charge < -0.3 is 14.3 Å². The summed E-state index contributed by atoms with van der Waals surface area (Å²) in [7, 11) is 0. The number of benzene rings is 5. The van der Waals surface area contributed by atoms with Gasteiger partial charge in [0.15, 0.2) is 5.84 Å². The number of allylic oxidation sites excluding steroid dienone is 4. The SMILES string of the molecule is C1=CCC(C2=NC(c3cc(-c4ccccc4)cnc3-c3cccc4c3oc3c4ccc4c3c3ccccc3n4-c3ccccc3)=NC(C3=CCCCC3)N2)C=C1. The average molecular weight is 726 g/mol. The van der Waals surface area contributed by atoms with Gasteiger partial charge in [0.1, 0.15) is 23.2 Å². The zero-order valence-electron chi connectivity index (χ0n) is 30.9. The lowest BCUT2D eigenvalue weighted by Crippen LogP contribution is -2.43. The van der Waals surface area contributed by atoms with Crippen molar-refractivity contribution in [2.75, 3.05) is 0 Å². The van der Waals surface area contributed by atoms with Crippen LogP contribution in [0.25, 0.3) is 71.8 Å². The highest BCUT2D eigenvalue weighted by atomic mass is 16.3. The summed E-state index contributed by atoms with van der Waals surface area (Å²) in [5.41, 5.74) is 11.1. The van der Waals surface area contributed by atoms with Crippen molar-refractivity contribution in [3.8, 4) is 28.1 Å². The summed E-state index contributed by atoms with van der Waals surface area (Å²) < 4.78 is 9.47. The maximum Gasteiger partial charge on any atom is 0.161 e. The fourth-order valence-electron chi connectivity index (χ4n) is 8.85. The van der Waals surface area contributed by atoms with Crippen molar-refractivity contribution < 1.29 is 4.42 Å². The number of para-hydroxylation sites is 3. The third-order valence-electron chi connectivity index (χ3n) is 11.6. The molecule has 2 aliphatic carbocycles. The van der Waals surface area contributed by atoms with Gasteiger partial charge in [-0.1, -0.05) is 109 Å². The number of aliphatic imine (C=N–C) groups is 2. The first-order valence-electron chi connectivity index (χ1n) is 19.7. The van der Waals surface area contributed by atoms with Crippen LogP contribution in [0.2, 0.25) is 0 Å². The summed E-state index contributed by atoms with van der Waals surface area (Å²) in [4.78, 5) is 16.0. The second kappa shape index (κ2) is 13.5. The van der Waals surface area contributed by atoms with Crippen LogP contribution < -0.4 is 5.32 Å². The maximum atomic E-state index is 7.13. The summed E-state index contributed by atoms with van der Waals surface area (Å²) >= 11 is 0. The molecular weight excluding hydrogens is 687 g/mol. The molecule has 0 bridgehead atoms. The van der Waals surface area contributed by atoms with E-state index in [0.717, 1.165) is 102 Å². The van der Waals surface area contributed by atoms with E-state index in [9.17, 15) is 0 Å². The molecule has 6 heteroatoms. The van der Waals surface area contributed by atoms with Crippen LogP contribution in [0.1, 0.15) is 37.7 Å². The molecule has 6 nitrogen and oxygen atoms in total. The molecule has 0 amide bonds. The van der Waals surface area contributed by atoms with E-state index in [2.05, 4.69) is 156 Å². The molecule has 0 spiro atoms. The molecule has 0 saturated carbocycles. The summed E-state index contributed by atoms with van der Waals surface area (Å²) in [5.74, 6) is 1.78. The Morgan fingerprint density at radius 1 is 0.696 bits per heavy atom. The second-order valence-electron chi connectivity index (χ2n) is 15.0. The van der Waals surface area contributed by atoms with E-state index in [-0.39, 0.29) is 12.1 Å². The van der Waals surface area contributed by atoms with Gasteiger partial charge in [0.25, 0.3) is 0 Å². The average Bonchev–Trinajstić information content (AvgIpc) is 3.83. The molecule has 1 N–H and O–H groups in total. The standard InChI is InChI=1S/C50H39N5O/c1-5-16-32(17-6-1)35-30-41(50-53-48(33-18-7-2-8-19-33)52-49(54-50)34-20-9-3-10-21-34)45(51-31-35)40-26-15-25-37-38-28-29-43-44(47(38)56-46(37)40)39-24-13-14-27-42(39)55(43)36-22-11-4-12-23-36/h1-2,4-8,11-18,20,22-31,33,49H,3,9-10,19,21H2,(H,52,53,54). The molecule has 11 rings (SSSR count). The number of furan rings is 1. The number of pyridine rings is 1. The molecule has 4 heterocycles. The van der Waals surface area contributed by atoms with Crippen molar-refractivity contribution in [2.24, 2.45) is 15.9 Å². The number of fused-ring (bicyclic) bond motifs is 7. The number of hydrogen-bond donors (Lipinski definition) is 1. The van der Waals surface area contributed by atoms with E-state index in [1.165, 1.54) is 18.4 Å². The number of hydrogen-bond acceptors (Lipinski definition) is 5. The first-order chi connectivity index (χ1) is 27.8. The lowest BCUT2D eigenvalue weighted by molar-refractivity contribution is 0.600. The van der Waals surface area contributed by atoms with Crippen molar-refractivity contribution in [1.82, 2.24) is 14.9 Å². The molecule has 2 unspecified atom stereocenters. The Morgan fingerprint density at radius 3 is 2.36 bits per heavy atom. The quantitative estimate of drug-likeness (QED) is 0.174. The summed E-state index contributed by atoms with van der Waals surface area (Å²) in [6.45, 7) is 0. The van der Waals surface area contributed by atoms with Gasteiger partial charge in [-0.05, 0) is 85.7 Å². The topological polar surface area (TPSA) is 67.7 Å². The number of aromatic nitrogens is 2. The zero-order chi connectivity index (χ0) is 37.0. The third-order valence-corrected chi connectivity index (χ3v) is 11.6. The van der Waals surface area contributed by atoms with Crippen molar-refractivity contribution >= 4 is 55.4 Å². The minimum atomic E-state index is -0.178. The van der Waals surface area contributed by atoms with Gasteiger partial charge in [-0.25, -0.2) is 9.98 Å². The first kappa shape index (κ1) is 32.6. The van der Waals surface area contributed by atoms with E-state index in [0.29, 0.717) is 5.84 Å². The van der Waals surface area contributed by atoms with Crippen LogP contribution in [-0.2, 0) is 0 Å². The molecule has 2 atom stereocenters. The molecule has 1 aliphatic heterocycles. The van der Waals surface area contributed by atoms with Gasteiger partial charge in [-0.2, -0.15) is 0 Å². The summed E-state index contributed by atoms with van der Waals surface area (Å²) in [5, 5.41) is 8.15. The number of nitrogens with zero attached hydrogens (tertiary/aromatic N) is 4. The highest BCUT2D eigenvalue weighted by Gasteiger charge is 2.29. The highest BCUT2D eigenvalue weighted by Crippen LogP contribution is 2.43. The fraction of sp³-hybridized carbons (Fsp3) is 0.140. The molecule has 3 aliphatic rings. The molecule has 0 radical (unpaired) electrons. The van der Waals surface area contributed by atoms with Crippen molar-refractivity contribution in [3.05, 3.63) is 169 Å². The molecule has 3 aromatic heterocycles. The molecule has 56 heavy (non-hydrogen) atoms. The van der Waals surface area contributed by atoms with Gasteiger partial charge >= 0.3 is 0 Å². The number of rotatable bonds is 6. The smallest absolute Gasteiger partial charge is 0.161 e. The van der Waals surface area contributed by atoms with Gasteiger partial charge in [-0.15, -0.1) is 0 Å². The van der Waals surface area contributed by atoms with Gasteiger partial charge in [0.05, 0.1) is 22.1 Å². The van der Waals surface area contributed by atoms with Crippen LogP contribution in [0.5, 0.6) is 0 Å². The van der Waals surface area contributed by atoms with E-state index in [4.69, 9.17) is 19.4 Å². The Morgan fingerprint density at radius 2 is 1.52 bits per heavy atom. The van der Waals surface area contributed by atoms with Crippen molar-refractivity contribution in [2.45, 2.75) is 38.3 Å². The van der Waals surface area contributed by atoms with Crippen LogP contribution in [0.15, 0.2) is 178 Å². The Balaban J connectivity index is 1.15. The van der Waals surface area contributed by atoms with Crippen LogP contribution in [0, 0.1) is 5.92 Å². The van der Waals surface area contributed by atoms with Crippen LogP contribution in [-0.4, -0.2) is 27.4 Å². The van der Waals surface area contributed by atoms with E-state index in [1.54, 1.807) is 0 Å². The van der Waals surface area contributed by atoms with E-state index < -0.39 is 0 Å². The highest BCUT2D eigenvalue weighted by molar-refractivity contribution is 6.25. The third kappa shape index (κ3) is 5.43. The normalized spacial score (nSPS) is 18.3. The van der Waals surface area contributed by atoms with Crippen LogP contribution in [0.4, 0.5) is 0 Å². The van der Waals surface area contributed by atoms with Crippen LogP contribution in [0.3, 0.4) is 0 Å². The molecule has 0 saturated heterocycles. The summed E-state index contributed by atoms with van der Waals surface area (Å²) in [6, 6.07) is 42.7. The minimum Gasteiger partial charge on any atom is -0.455 e. The lowest BCUT2D eigenvalue weighted by Gasteiger charge is -2.30. The second-order valence-corrected chi connectivity index (χ2v) is 15.0. The predicted molar refractivity (Wildman–Crippen MR) is 231 cm³/mol. The lowest BCUT2D eigenvalue weighted by atomic mass is 9.94. The summed E-state index contributed by atoms with van der Waals surface area (Å²) in [6.07, 6.45) is 18.3. The van der Waals surface area contributed by atoms with E-state index in [1.807, 2.05) is 12.3 Å². The Labute approximate surface area is 324 Å². The molecule has 270 valence electrons. The Bertz CT molecular complexity index is 2980. The first-order valence-corrected chi connectivity index (χ1v) is 19.7. The Kier molecular flexibility index (Phi) is 7.87. The van der Waals surface area contributed by atoms with Crippen LogP contribution >= 0.6 is 0 Å². The minimum absolute atomic E-state index is 0.144. The van der Waals surface area contributed by atoms with Gasteiger partial charge in [0, 0.05) is 50.7 Å². The number of nitrogens with one attached hydrogen (secondary N) is 1. The van der Waals surface area contributed by atoms with Crippen molar-refractivity contribution in [1.29, 1.82) is 0 Å². The Hall–Kier alpha value is -6.79. The monoisotopic (exact) mass is 725 g/mol. The molecule has 5 aromatic carbocycles. The predicted octanol–water partition coefficient (Wildman–Crippen LogP) is 12.1. The molecule has 0 fully saturated rings. The molecule has 8 aromatic rings. The fourth-order valence-corrected chi connectivity index (χ4v) is 8.85. The largest absolute Gasteiger partial charge is 0.455 e. The van der Waals surface area contributed by atoms with Crippen molar-refractivity contribution in [3.63, 3.8) is 0 Å². The number of amidine groups is 2. The zero-order valence-corrected chi connectivity index (χ0v) is 30.9.